The first-order valence-corrected chi connectivity index (χ1v) is 8.95. The summed E-state index contributed by atoms with van der Waals surface area (Å²) in [5.74, 6) is -0.0840. The lowest BCUT2D eigenvalue weighted by atomic mass is 9.95. The summed E-state index contributed by atoms with van der Waals surface area (Å²) in [4.78, 5) is 13.7. The van der Waals surface area contributed by atoms with Crippen LogP contribution in [0.2, 0.25) is 0 Å². The van der Waals surface area contributed by atoms with Crippen molar-refractivity contribution >= 4 is 22.9 Å². The summed E-state index contributed by atoms with van der Waals surface area (Å²) in [6, 6.07) is 19.8. The number of rotatable bonds is 3. The van der Waals surface area contributed by atoms with Crippen LogP contribution in [0, 0.1) is 0 Å². The van der Waals surface area contributed by atoms with Crippen LogP contribution < -0.4 is 10.6 Å². The first kappa shape index (κ1) is 15.1. The monoisotopic (exact) mass is 334 g/mol. The third-order valence-corrected chi connectivity index (χ3v) is 5.33. The fraction of sp³-hybridized carbons (Fsp3) is 0.150. The second-order valence-electron chi connectivity index (χ2n) is 5.88. The Kier molecular flexibility index (Phi) is 4.15. The number of carbonyl (C=O) groups is 1. The first-order chi connectivity index (χ1) is 11.8. The van der Waals surface area contributed by atoms with Crippen molar-refractivity contribution in [2.45, 2.75) is 12.5 Å². The van der Waals surface area contributed by atoms with Crippen molar-refractivity contribution in [1.82, 2.24) is 5.32 Å². The number of anilines is 1. The second kappa shape index (κ2) is 6.59. The molecular weight excluding hydrogens is 316 g/mol. The van der Waals surface area contributed by atoms with Gasteiger partial charge in [-0.05, 0) is 53.3 Å². The van der Waals surface area contributed by atoms with E-state index >= 15 is 0 Å². The average molecular weight is 334 g/mol. The van der Waals surface area contributed by atoms with Crippen LogP contribution in [0.15, 0.2) is 66.0 Å². The van der Waals surface area contributed by atoms with Gasteiger partial charge in [0.15, 0.2) is 0 Å². The normalized spacial score (nSPS) is 16.4. The molecule has 2 N–H and O–H groups in total. The van der Waals surface area contributed by atoms with Crippen molar-refractivity contribution in [2.75, 3.05) is 11.9 Å². The van der Waals surface area contributed by atoms with Crippen molar-refractivity contribution in [3.63, 3.8) is 0 Å². The van der Waals surface area contributed by atoms with Gasteiger partial charge in [0.25, 0.3) is 5.91 Å². The minimum atomic E-state index is -0.0840. The van der Waals surface area contributed by atoms with Crippen molar-refractivity contribution in [3.05, 3.63) is 87.6 Å². The predicted octanol–water partition coefficient (Wildman–Crippen LogP) is 4.24. The molecule has 0 saturated heterocycles. The largest absolute Gasteiger partial charge is 0.322 e. The molecule has 3 nitrogen and oxygen atoms in total. The molecule has 4 rings (SSSR count). The van der Waals surface area contributed by atoms with Crippen LogP contribution >= 0.6 is 11.3 Å². The highest BCUT2D eigenvalue weighted by Crippen LogP contribution is 2.32. The number of carbonyl (C=O) groups excluding carboxylic acids is 1. The molecular formula is C20H18N2OS. The molecule has 2 aromatic carbocycles. The molecule has 0 spiro atoms. The fourth-order valence-electron chi connectivity index (χ4n) is 3.10. The zero-order valence-electron chi connectivity index (χ0n) is 13.2. The summed E-state index contributed by atoms with van der Waals surface area (Å²) in [5, 5.41) is 8.69. The SMILES string of the molecule is O=C(Nc1ccc([C@@H]2NCCc3sccc32)cc1)c1ccccc1. The number of hydrogen-bond acceptors (Lipinski definition) is 3. The minimum Gasteiger partial charge on any atom is -0.322 e. The fourth-order valence-corrected chi connectivity index (χ4v) is 4.02. The summed E-state index contributed by atoms with van der Waals surface area (Å²) >= 11 is 1.84. The van der Waals surface area contributed by atoms with Gasteiger partial charge in [-0.2, -0.15) is 0 Å². The van der Waals surface area contributed by atoms with Crippen molar-refractivity contribution in [2.24, 2.45) is 0 Å². The molecule has 4 heteroatoms. The molecule has 0 unspecified atom stereocenters. The third-order valence-electron chi connectivity index (χ3n) is 4.33. The first-order valence-electron chi connectivity index (χ1n) is 8.07. The number of nitrogens with one attached hydrogen (secondary N) is 2. The lowest BCUT2D eigenvalue weighted by molar-refractivity contribution is 0.102. The van der Waals surface area contributed by atoms with Gasteiger partial charge >= 0.3 is 0 Å². The zero-order chi connectivity index (χ0) is 16.4. The molecule has 24 heavy (non-hydrogen) atoms. The summed E-state index contributed by atoms with van der Waals surface area (Å²) in [7, 11) is 0. The Labute approximate surface area is 145 Å². The van der Waals surface area contributed by atoms with Gasteiger partial charge in [-0.25, -0.2) is 0 Å². The number of fused-ring (bicyclic) bond motifs is 1. The average Bonchev–Trinajstić information content (AvgIpc) is 3.12. The van der Waals surface area contributed by atoms with E-state index in [1.54, 1.807) is 0 Å². The maximum atomic E-state index is 12.2. The number of amides is 1. The van der Waals surface area contributed by atoms with Gasteiger partial charge < -0.3 is 10.6 Å². The van der Waals surface area contributed by atoms with Crippen molar-refractivity contribution in [1.29, 1.82) is 0 Å². The number of benzene rings is 2. The van der Waals surface area contributed by atoms with E-state index in [0.717, 1.165) is 18.7 Å². The number of hydrogen-bond donors (Lipinski definition) is 2. The van der Waals surface area contributed by atoms with Gasteiger partial charge in [0.05, 0.1) is 6.04 Å². The predicted molar refractivity (Wildman–Crippen MR) is 98.7 cm³/mol. The molecule has 0 saturated carbocycles. The molecule has 1 amide bonds. The summed E-state index contributed by atoms with van der Waals surface area (Å²) < 4.78 is 0. The van der Waals surface area contributed by atoms with Gasteiger partial charge in [-0.1, -0.05) is 30.3 Å². The Morgan fingerprint density at radius 1 is 1.04 bits per heavy atom. The Bertz CT molecular complexity index is 840. The molecule has 1 aromatic heterocycles. The van der Waals surface area contributed by atoms with Gasteiger partial charge in [0.2, 0.25) is 0 Å². The highest BCUT2D eigenvalue weighted by Gasteiger charge is 2.22. The van der Waals surface area contributed by atoms with E-state index in [2.05, 4.69) is 34.2 Å². The lowest BCUT2D eigenvalue weighted by Gasteiger charge is -2.24. The second-order valence-corrected chi connectivity index (χ2v) is 6.88. The highest BCUT2D eigenvalue weighted by atomic mass is 32.1. The molecule has 1 aliphatic rings. The van der Waals surface area contributed by atoms with Crippen LogP contribution in [0.3, 0.4) is 0 Å². The van der Waals surface area contributed by atoms with E-state index in [1.165, 1.54) is 16.0 Å². The quantitative estimate of drug-likeness (QED) is 0.752. The van der Waals surface area contributed by atoms with Crippen LogP contribution in [0.4, 0.5) is 5.69 Å². The Balaban J connectivity index is 1.51. The Morgan fingerprint density at radius 2 is 1.83 bits per heavy atom. The van der Waals surface area contributed by atoms with E-state index < -0.39 is 0 Å². The maximum Gasteiger partial charge on any atom is 0.255 e. The van der Waals surface area contributed by atoms with Crippen LogP contribution in [0.5, 0.6) is 0 Å². The Hall–Kier alpha value is -2.43. The van der Waals surface area contributed by atoms with Crippen molar-refractivity contribution < 1.29 is 4.79 Å². The number of thiophene rings is 1. The lowest BCUT2D eigenvalue weighted by Crippen LogP contribution is -2.29. The maximum absolute atomic E-state index is 12.2. The topological polar surface area (TPSA) is 41.1 Å². The molecule has 2 heterocycles. The van der Waals surface area contributed by atoms with Crippen LogP contribution in [-0.2, 0) is 6.42 Å². The molecule has 0 fully saturated rings. The van der Waals surface area contributed by atoms with Gasteiger partial charge in [-0.15, -0.1) is 11.3 Å². The van der Waals surface area contributed by atoms with E-state index in [4.69, 9.17) is 0 Å². The molecule has 1 aliphatic heterocycles. The standard InChI is InChI=1S/C20H18N2OS/c23-20(15-4-2-1-3-5-15)22-16-8-6-14(7-9-16)19-17-11-13-24-18(17)10-12-21-19/h1-9,11,13,19,21H,10,12H2,(H,22,23)/t19-/m0/s1. The van der Waals surface area contributed by atoms with E-state index in [0.29, 0.717) is 5.56 Å². The molecule has 0 aliphatic carbocycles. The van der Waals surface area contributed by atoms with Gasteiger partial charge in [0.1, 0.15) is 0 Å². The van der Waals surface area contributed by atoms with Crippen LogP contribution in [0.1, 0.15) is 32.4 Å². The smallest absolute Gasteiger partial charge is 0.255 e. The van der Waals surface area contributed by atoms with Gasteiger partial charge in [-0.3, -0.25) is 4.79 Å². The van der Waals surface area contributed by atoms with Gasteiger partial charge in [0, 0.05) is 22.7 Å². The molecule has 120 valence electrons. The summed E-state index contributed by atoms with van der Waals surface area (Å²) in [6.07, 6.45) is 1.11. The molecule has 0 radical (unpaired) electrons. The summed E-state index contributed by atoms with van der Waals surface area (Å²) in [5.41, 5.74) is 4.09. The molecule has 0 bridgehead atoms. The highest BCUT2D eigenvalue weighted by molar-refractivity contribution is 7.10. The third kappa shape index (κ3) is 2.98. The molecule has 3 aromatic rings. The van der Waals surface area contributed by atoms with E-state index in [1.807, 2.05) is 53.8 Å². The van der Waals surface area contributed by atoms with Crippen molar-refractivity contribution in [3.8, 4) is 0 Å². The van der Waals surface area contributed by atoms with Crippen LogP contribution in [0.25, 0.3) is 0 Å². The minimum absolute atomic E-state index is 0.0840. The molecule has 1 atom stereocenters. The zero-order valence-corrected chi connectivity index (χ0v) is 14.0. The van der Waals surface area contributed by atoms with E-state index in [9.17, 15) is 4.79 Å². The van der Waals surface area contributed by atoms with E-state index in [-0.39, 0.29) is 11.9 Å². The Morgan fingerprint density at radius 3 is 2.62 bits per heavy atom. The van der Waals surface area contributed by atoms with Crippen LogP contribution in [-0.4, -0.2) is 12.5 Å². The summed E-state index contributed by atoms with van der Waals surface area (Å²) in [6.45, 7) is 1.00.